The molecule has 7 nitrogen and oxygen atoms in total. The van der Waals surface area contributed by atoms with Crippen molar-refractivity contribution in [1.82, 2.24) is 8.87 Å². The molecule has 1 aliphatic heterocycles. The highest BCUT2D eigenvalue weighted by atomic mass is 32.2. The van der Waals surface area contributed by atoms with Crippen LogP contribution in [0.4, 0.5) is 23.7 Å². The number of likely N-dealkylation sites (tertiary alicyclic amines) is 1. The summed E-state index contributed by atoms with van der Waals surface area (Å²) in [4.78, 5) is 12.0. The Balaban J connectivity index is 1.76. The second kappa shape index (κ2) is 8.38. The van der Waals surface area contributed by atoms with Crippen LogP contribution in [0.5, 0.6) is 0 Å². The van der Waals surface area contributed by atoms with E-state index in [-0.39, 0.29) is 21.8 Å². The van der Waals surface area contributed by atoms with Gasteiger partial charge in [0.2, 0.25) is 0 Å². The third kappa shape index (κ3) is 3.99. The summed E-state index contributed by atoms with van der Waals surface area (Å²) < 4.78 is 68.4. The number of halogens is 3. The molecule has 0 aliphatic carbocycles. The summed E-state index contributed by atoms with van der Waals surface area (Å²) in [6, 6.07) is 8.74. The lowest BCUT2D eigenvalue weighted by Gasteiger charge is -2.31. The van der Waals surface area contributed by atoms with Gasteiger partial charge in [0.05, 0.1) is 10.4 Å². The van der Waals surface area contributed by atoms with E-state index in [9.17, 15) is 26.4 Å². The van der Waals surface area contributed by atoms with E-state index in [0.29, 0.717) is 31.6 Å². The summed E-state index contributed by atoms with van der Waals surface area (Å²) in [6.07, 6.45) is -2.12. The number of nitrogens with zero attached hydrogens (tertiary/aromatic N) is 2. The number of hydrogen-bond donors (Lipinski definition) is 2. The average molecular weight is 467 g/mol. The first kappa shape index (κ1) is 22.0. The lowest BCUT2D eigenvalue weighted by atomic mass is 10.0. The molecule has 0 unspecified atom stereocenters. The predicted octanol–water partition coefficient (Wildman–Crippen LogP) is 4.51. The molecule has 1 saturated heterocycles. The first-order chi connectivity index (χ1) is 15.2. The van der Waals surface area contributed by atoms with E-state index in [2.05, 4.69) is 5.32 Å². The van der Waals surface area contributed by atoms with Crippen molar-refractivity contribution >= 4 is 32.7 Å². The molecule has 2 heterocycles. The van der Waals surface area contributed by atoms with E-state index in [1.165, 1.54) is 23.1 Å². The fraction of sp³-hybridized carbons (Fsp3) is 0.286. The summed E-state index contributed by atoms with van der Waals surface area (Å²) in [7, 11) is -4.32. The van der Waals surface area contributed by atoms with Crippen molar-refractivity contribution in [2.24, 2.45) is 0 Å². The first-order valence-electron chi connectivity index (χ1n) is 9.86. The van der Waals surface area contributed by atoms with E-state index < -0.39 is 33.9 Å². The van der Waals surface area contributed by atoms with Gasteiger partial charge < -0.3 is 15.3 Å². The fourth-order valence-electron chi connectivity index (χ4n) is 3.95. The molecule has 11 heteroatoms. The maximum atomic E-state index is 13.9. The summed E-state index contributed by atoms with van der Waals surface area (Å²) in [5.74, 6) is -0.758. The summed E-state index contributed by atoms with van der Waals surface area (Å²) >= 11 is 0. The minimum atomic E-state index is -4.32. The third-order valence-electron chi connectivity index (χ3n) is 5.54. The van der Waals surface area contributed by atoms with Crippen LogP contribution in [0.3, 0.4) is 0 Å². The number of amides is 1. The zero-order chi connectivity index (χ0) is 23.0. The number of fused-ring (bicyclic) bond motifs is 1. The topological polar surface area (TPSA) is 91.6 Å². The summed E-state index contributed by atoms with van der Waals surface area (Å²) in [6.45, 7) is 0.610. The van der Waals surface area contributed by atoms with E-state index in [1.807, 2.05) is 0 Å². The van der Waals surface area contributed by atoms with E-state index in [0.717, 1.165) is 22.3 Å². The number of nitrogens with one attached hydrogen (secondary N) is 1. The van der Waals surface area contributed by atoms with Gasteiger partial charge in [-0.25, -0.2) is 30.4 Å². The Kier molecular flexibility index (Phi) is 5.76. The Labute approximate surface area is 182 Å². The molecule has 4 rings (SSSR count). The lowest BCUT2D eigenvalue weighted by Crippen LogP contribution is -2.41. The number of aromatic nitrogens is 1. The maximum absolute atomic E-state index is 13.9. The molecule has 0 bridgehead atoms. The number of hydrogen-bond acceptors (Lipinski definition) is 4. The highest BCUT2D eigenvalue weighted by Crippen LogP contribution is 2.37. The number of carboxylic acid groups (broad SMARTS) is 1. The van der Waals surface area contributed by atoms with Crippen molar-refractivity contribution in [3.05, 3.63) is 60.0 Å². The standard InChI is InChI=1S/C21H20F3N3O4S/c22-13-3-1-4-15(11-13)32(30,31)27-12-16(20(23)24)19-17(5-2-6-18(19)27)25-14-7-9-26(10-8-14)21(28)29/h1-6,11-12,14,20,25H,7-10H2,(H,28,29). The van der Waals surface area contributed by atoms with Gasteiger partial charge in [0.1, 0.15) is 5.82 Å². The van der Waals surface area contributed by atoms with Crippen molar-refractivity contribution in [2.75, 3.05) is 18.4 Å². The number of anilines is 1. The Morgan fingerprint density at radius 2 is 1.81 bits per heavy atom. The summed E-state index contributed by atoms with van der Waals surface area (Å²) in [5, 5.41) is 12.3. The molecule has 3 aromatic rings. The van der Waals surface area contributed by atoms with Crippen molar-refractivity contribution in [3.8, 4) is 0 Å². The molecule has 0 atom stereocenters. The Hall–Kier alpha value is -3.21. The van der Waals surface area contributed by atoms with E-state index >= 15 is 0 Å². The first-order valence-corrected chi connectivity index (χ1v) is 11.3. The minimum Gasteiger partial charge on any atom is -0.465 e. The monoisotopic (exact) mass is 467 g/mol. The van der Waals surface area contributed by atoms with Gasteiger partial charge >= 0.3 is 6.09 Å². The normalized spacial score (nSPS) is 15.4. The van der Waals surface area contributed by atoms with Crippen LogP contribution in [0.25, 0.3) is 10.9 Å². The number of rotatable bonds is 5. The van der Waals surface area contributed by atoms with Crippen LogP contribution in [-0.2, 0) is 10.0 Å². The molecule has 0 spiro atoms. The second-order valence-electron chi connectivity index (χ2n) is 7.53. The average Bonchev–Trinajstić information content (AvgIpc) is 3.16. The quantitative estimate of drug-likeness (QED) is 0.576. The highest BCUT2D eigenvalue weighted by molar-refractivity contribution is 7.90. The largest absolute Gasteiger partial charge is 0.465 e. The minimum absolute atomic E-state index is 0.0394. The number of piperidine rings is 1. The molecule has 0 radical (unpaired) electrons. The third-order valence-corrected chi connectivity index (χ3v) is 7.21. The van der Waals surface area contributed by atoms with Crippen LogP contribution >= 0.6 is 0 Å². The molecule has 1 aromatic heterocycles. The fourth-order valence-corrected chi connectivity index (χ4v) is 5.35. The molecule has 1 aliphatic rings. The van der Waals surface area contributed by atoms with Crippen molar-refractivity contribution in [3.63, 3.8) is 0 Å². The van der Waals surface area contributed by atoms with Crippen LogP contribution in [0.2, 0.25) is 0 Å². The molecule has 1 fully saturated rings. The molecule has 170 valence electrons. The predicted molar refractivity (Wildman–Crippen MR) is 112 cm³/mol. The van der Waals surface area contributed by atoms with Crippen LogP contribution in [-0.4, -0.2) is 47.6 Å². The second-order valence-corrected chi connectivity index (χ2v) is 9.35. The number of benzene rings is 2. The molecular formula is C21H20F3N3O4S. The molecule has 0 saturated carbocycles. The van der Waals surface area contributed by atoms with Gasteiger partial charge in [0.15, 0.2) is 0 Å². The maximum Gasteiger partial charge on any atom is 0.407 e. The van der Waals surface area contributed by atoms with Crippen molar-refractivity contribution in [2.45, 2.75) is 30.2 Å². The van der Waals surface area contributed by atoms with Gasteiger partial charge in [-0.05, 0) is 43.2 Å². The van der Waals surface area contributed by atoms with Gasteiger partial charge in [0, 0.05) is 42.0 Å². The van der Waals surface area contributed by atoms with Gasteiger partial charge in [-0.15, -0.1) is 0 Å². The Morgan fingerprint density at radius 3 is 2.44 bits per heavy atom. The zero-order valence-electron chi connectivity index (χ0n) is 16.7. The Bertz CT molecular complexity index is 1270. The molecule has 1 amide bonds. The highest BCUT2D eigenvalue weighted by Gasteiger charge is 2.28. The van der Waals surface area contributed by atoms with E-state index in [1.54, 1.807) is 12.1 Å². The molecule has 32 heavy (non-hydrogen) atoms. The van der Waals surface area contributed by atoms with Crippen molar-refractivity contribution < 1.29 is 31.5 Å². The van der Waals surface area contributed by atoms with Gasteiger partial charge in [0.25, 0.3) is 16.4 Å². The number of alkyl halides is 2. The van der Waals surface area contributed by atoms with Gasteiger partial charge in [-0.1, -0.05) is 12.1 Å². The SMILES string of the molecule is O=C(O)N1CCC(Nc2cccc3c2c(C(F)F)cn3S(=O)(=O)c2cccc(F)c2)CC1. The van der Waals surface area contributed by atoms with Crippen molar-refractivity contribution in [1.29, 1.82) is 0 Å². The summed E-state index contributed by atoms with van der Waals surface area (Å²) in [5.41, 5.74) is -0.0941. The van der Waals surface area contributed by atoms with Crippen LogP contribution < -0.4 is 5.32 Å². The molecule has 2 N–H and O–H groups in total. The Morgan fingerprint density at radius 1 is 1.12 bits per heavy atom. The smallest absolute Gasteiger partial charge is 0.407 e. The van der Waals surface area contributed by atoms with Gasteiger partial charge in [-0.3, -0.25) is 0 Å². The molecular weight excluding hydrogens is 447 g/mol. The molecule has 2 aromatic carbocycles. The van der Waals surface area contributed by atoms with Crippen LogP contribution in [0.15, 0.2) is 53.6 Å². The number of carbonyl (C=O) groups is 1. The zero-order valence-corrected chi connectivity index (χ0v) is 17.5. The van der Waals surface area contributed by atoms with E-state index in [4.69, 9.17) is 5.11 Å². The van der Waals surface area contributed by atoms with Gasteiger partial charge in [-0.2, -0.15) is 0 Å². The van der Waals surface area contributed by atoms with Crippen LogP contribution in [0.1, 0.15) is 24.8 Å². The lowest BCUT2D eigenvalue weighted by molar-refractivity contribution is 0.133. The van der Waals surface area contributed by atoms with Crippen LogP contribution in [0, 0.1) is 5.82 Å².